The molecule has 1 unspecified atom stereocenters. The van der Waals surface area contributed by atoms with Gasteiger partial charge in [0.1, 0.15) is 0 Å². The van der Waals surface area contributed by atoms with Crippen molar-refractivity contribution >= 4 is 41.8 Å². The van der Waals surface area contributed by atoms with Gasteiger partial charge in [-0.25, -0.2) is 0 Å². The van der Waals surface area contributed by atoms with E-state index in [1.54, 1.807) is 7.05 Å². The number of hydrogen-bond donors (Lipinski definition) is 3. The molecule has 0 bridgehead atoms. The van der Waals surface area contributed by atoms with Crippen LogP contribution in [0.3, 0.4) is 0 Å². The molecule has 3 rings (SSSR count). The second-order valence-corrected chi connectivity index (χ2v) is 8.19. The molecule has 2 saturated carbocycles. The lowest BCUT2D eigenvalue weighted by atomic mass is 10.1. The molecule has 160 valence electrons. The van der Waals surface area contributed by atoms with Crippen LogP contribution in [0.5, 0.6) is 0 Å². The molecule has 3 fully saturated rings. The third-order valence-corrected chi connectivity index (χ3v) is 6.13. The summed E-state index contributed by atoms with van der Waals surface area (Å²) < 4.78 is 0. The molecule has 0 aromatic heterocycles. The van der Waals surface area contributed by atoms with Crippen molar-refractivity contribution in [1.29, 1.82) is 0 Å². The van der Waals surface area contributed by atoms with Gasteiger partial charge in [0.2, 0.25) is 11.8 Å². The second-order valence-electron chi connectivity index (χ2n) is 8.19. The summed E-state index contributed by atoms with van der Waals surface area (Å²) >= 11 is 0. The number of hydrogen-bond acceptors (Lipinski definition) is 3. The monoisotopic (exact) mass is 505 g/mol. The highest BCUT2D eigenvalue weighted by Gasteiger charge is 2.32. The van der Waals surface area contributed by atoms with Crippen LogP contribution in [0.1, 0.15) is 64.2 Å². The number of guanidine groups is 1. The minimum atomic E-state index is 0. The summed E-state index contributed by atoms with van der Waals surface area (Å²) in [6.45, 7) is 2.14. The van der Waals surface area contributed by atoms with Crippen LogP contribution in [0.15, 0.2) is 4.99 Å². The minimum absolute atomic E-state index is 0. The first-order chi connectivity index (χ1) is 13.2. The summed E-state index contributed by atoms with van der Waals surface area (Å²) in [6.07, 6.45) is 10.6. The van der Waals surface area contributed by atoms with Gasteiger partial charge >= 0.3 is 0 Å². The van der Waals surface area contributed by atoms with Gasteiger partial charge in [0.25, 0.3) is 0 Å². The van der Waals surface area contributed by atoms with Crippen molar-refractivity contribution in [2.45, 2.75) is 76.3 Å². The van der Waals surface area contributed by atoms with Crippen molar-refractivity contribution in [1.82, 2.24) is 20.9 Å². The highest BCUT2D eigenvalue weighted by Crippen LogP contribution is 2.27. The smallest absolute Gasteiger partial charge is 0.225 e. The van der Waals surface area contributed by atoms with Crippen LogP contribution in [0, 0.1) is 5.92 Å². The molecule has 1 atom stereocenters. The number of rotatable bonds is 6. The van der Waals surface area contributed by atoms with Crippen molar-refractivity contribution in [3.05, 3.63) is 0 Å². The molecule has 1 aliphatic heterocycles. The Labute approximate surface area is 185 Å². The Morgan fingerprint density at radius 1 is 0.964 bits per heavy atom. The van der Waals surface area contributed by atoms with Crippen LogP contribution < -0.4 is 16.0 Å². The number of amides is 2. The molecule has 0 radical (unpaired) electrons. The van der Waals surface area contributed by atoms with E-state index in [0.717, 1.165) is 45.2 Å². The van der Waals surface area contributed by atoms with Crippen LogP contribution in [0.4, 0.5) is 0 Å². The number of nitrogens with one attached hydrogen (secondary N) is 3. The van der Waals surface area contributed by atoms with Gasteiger partial charge < -0.3 is 20.9 Å². The van der Waals surface area contributed by atoms with Gasteiger partial charge in [-0.05, 0) is 32.1 Å². The Morgan fingerprint density at radius 2 is 1.64 bits per heavy atom. The van der Waals surface area contributed by atoms with Crippen LogP contribution >= 0.6 is 24.0 Å². The predicted octanol–water partition coefficient (Wildman–Crippen LogP) is 2.01. The summed E-state index contributed by atoms with van der Waals surface area (Å²) in [7, 11) is 1.74. The Hall–Kier alpha value is -1.06. The number of carbonyl (C=O) groups excluding carboxylic acids is 2. The fourth-order valence-corrected chi connectivity index (χ4v) is 4.56. The topological polar surface area (TPSA) is 85.8 Å². The van der Waals surface area contributed by atoms with Crippen molar-refractivity contribution in [2.24, 2.45) is 10.9 Å². The molecule has 2 aliphatic carbocycles. The van der Waals surface area contributed by atoms with E-state index in [-0.39, 0.29) is 41.8 Å². The highest BCUT2D eigenvalue weighted by atomic mass is 127. The maximum absolute atomic E-state index is 12.5. The lowest BCUT2D eigenvalue weighted by molar-refractivity contribution is -0.134. The first kappa shape index (κ1) is 23.2. The van der Waals surface area contributed by atoms with Gasteiger partial charge in [0, 0.05) is 51.1 Å². The zero-order valence-electron chi connectivity index (χ0n) is 17.0. The molecule has 1 heterocycles. The van der Waals surface area contributed by atoms with Gasteiger partial charge in [-0.2, -0.15) is 0 Å². The molecule has 8 heteroatoms. The average Bonchev–Trinajstić information content (AvgIpc) is 3.42. The summed E-state index contributed by atoms with van der Waals surface area (Å²) in [4.78, 5) is 30.8. The normalized spacial score (nSPS) is 23.5. The summed E-state index contributed by atoms with van der Waals surface area (Å²) in [5, 5.41) is 9.73. The highest BCUT2D eigenvalue weighted by molar-refractivity contribution is 14.0. The first-order valence-corrected chi connectivity index (χ1v) is 10.7. The third-order valence-electron chi connectivity index (χ3n) is 6.13. The van der Waals surface area contributed by atoms with E-state index in [0.29, 0.717) is 30.9 Å². The molecular weight excluding hydrogens is 469 g/mol. The average molecular weight is 505 g/mol. The van der Waals surface area contributed by atoms with Crippen LogP contribution in [0.25, 0.3) is 0 Å². The predicted molar refractivity (Wildman–Crippen MR) is 122 cm³/mol. The van der Waals surface area contributed by atoms with Gasteiger partial charge in [0.05, 0.1) is 0 Å². The molecule has 3 N–H and O–H groups in total. The van der Waals surface area contributed by atoms with Crippen molar-refractivity contribution in [3.8, 4) is 0 Å². The second kappa shape index (κ2) is 11.8. The van der Waals surface area contributed by atoms with Crippen molar-refractivity contribution in [3.63, 3.8) is 0 Å². The Morgan fingerprint density at radius 3 is 2.32 bits per heavy atom. The number of halogens is 1. The largest absolute Gasteiger partial charge is 0.356 e. The molecule has 0 spiro atoms. The molecule has 0 aromatic carbocycles. The molecule has 0 aromatic rings. The standard InChI is InChI=1S/C20H35N5O2.HI/c1-21-20(22-12-10-18(26)23-16-8-4-5-9-16)24-17-11-13-25(14-17)19(27)15-6-2-3-7-15;/h15-17H,2-14H2,1H3,(H,23,26)(H2,21,22,24);1H. The number of nitrogens with zero attached hydrogens (tertiary/aromatic N) is 2. The Balaban J connectivity index is 0.00000280. The number of carbonyl (C=O) groups is 2. The summed E-state index contributed by atoms with van der Waals surface area (Å²) in [6, 6.07) is 0.602. The van der Waals surface area contributed by atoms with Gasteiger partial charge in [-0.15, -0.1) is 24.0 Å². The lowest BCUT2D eigenvalue weighted by Crippen LogP contribution is -2.46. The van der Waals surface area contributed by atoms with Crippen molar-refractivity contribution in [2.75, 3.05) is 26.7 Å². The summed E-state index contributed by atoms with van der Waals surface area (Å²) in [5.41, 5.74) is 0. The van der Waals surface area contributed by atoms with E-state index in [2.05, 4.69) is 20.9 Å². The maximum Gasteiger partial charge on any atom is 0.225 e. The van der Waals surface area contributed by atoms with E-state index < -0.39 is 0 Å². The number of likely N-dealkylation sites (tertiary alicyclic amines) is 1. The van der Waals surface area contributed by atoms with Crippen LogP contribution in [0.2, 0.25) is 0 Å². The molecule has 1 saturated heterocycles. The zero-order valence-corrected chi connectivity index (χ0v) is 19.4. The van der Waals surface area contributed by atoms with E-state index in [1.807, 2.05) is 4.90 Å². The van der Waals surface area contributed by atoms with Gasteiger partial charge in [-0.1, -0.05) is 25.7 Å². The van der Waals surface area contributed by atoms with E-state index in [1.165, 1.54) is 25.7 Å². The van der Waals surface area contributed by atoms with Gasteiger partial charge in [0.15, 0.2) is 5.96 Å². The van der Waals surface area contributed by atoms with E-state index in [9.17, 15) is 9.59 Å². The quantitative estimate of drug-likeness (QED) is 0.293. The van der Waals surface area contributed by atoms with E-state index >= 15 is 0 Å². The SMILES string of the molecule is CN=C(NCCC(=O)NC1CCCC1)NC1CCN(C(=O)C2CCCC2)C1.I. The zero-order chi connectivity index (χ0) is 19.1. The lowest BCUT2D eigenvalue weighted by Gasteiger charge is -2.21. The Bertz CT molecular complexity index is 545. The molecular formula is C20H36IN5O2. The van der Waals surface area contributed by atoms with Gasteiger partial charge in [-0.3, -0.25) is 14.6 Å². The molecule has 2 amide bonds. The maximum atomic E-state index is 12.5. The Kier molecular flexibility index (Phi) is 9.81. The van der Waals surface area contributed by atoms with Crippen LogP contribution in [-0.2, 0) is 9.59 Å². The summed E-state index contributed by atoms with van der Waals surface area (Å²) in [5.74, 6) is 1.41. The first-order valence-electron chi connectivity index (χ1n) is 10.7. The molecule has 28 heavy (non-hydrogen) atoms. The molecule has 7 nitrogen and oxygen atoms in total. The van der Waals surface area contributed by atoms with Crippen LogP contribution in [-0.4, -0.2) is 61.4 Å². The number of aliphatic imine (C=N–C) groups is 1. The van der Waals surface area contributed by atoms with Crippen molar-refractivity contribution < 1.29 is 9.59 Å². The fourth-order valence-electron chi connectivity index (χ4n) is 4.56. The third kappa shape index (κ3) is 6.77. The fraction of sp³-hybridized carbons (Fsp3) is 0.850. The molecule has 3 aliphatic rings. The minimum Gasteiger partial charge on any atom is -0.356 e. The van der Waals surface area contributed by atoms with E-state index in [4.69, 9.17) is 0 Å².